The lowest BCUT2D eigenvalue weighted by molar-refractivity contribution is -0.140. The molecule has 0 bridgehead atoms. The van der Waals surface area contributed by atoms with Crippen LogP contribution in [-0.2, 0) is 32.6 Å². The molecule has 0 heterocycles. The first-order valence-electron chi connectivity index (χ1n) is 14.9. The van der Waals surface area contributed by atoms with Crippen LogP contribution in [0.4, 0.5) is 5.69 Å². The van der Waals surface area contributed by atoms with Crippen molar-refractivity contribution in [2.45, 2.75) is 44.2 Å². The van der Waals surface area contributed by atoms with Gasteiger partial charge in [0.05, 0.1) is 17.7 Å². The minimum atomic E-state index is -4.35. The number of amides is 2. The van der Waals surface area contributed by atoms with Gasteiger partial charge in [-0.15, -0.1) is 0 Å². The Bertz CT molecular complexity index is 1810. The standard InChI is InChI=1S/C35H36Cl3N3O5S/c1-4-18-39-35(43)32(19-25-8-6-5-7-9-25)40(22-26-12-13-27(36)20-30(26)38)34(42)23-41(31-21-28(37)14-17-33(31)46-3)47(44,45)29-15-10-24(2)11-16-29/h5-17,20-21,32H,4,18-19,22-23H2,1-3H3,(H,39,43)/t32-/m0/s1. The summed E-state index contributed by atoms with van der Waals surface area (Å²) in [5, 5.41) is 3.85. The molecule has 4 aromatic rings. The third kappa shape index (κ3) is 9.20. The molecule has 8 nitrogen and oxygen atoms in total. The fourth-order valence-corrected chi connectivity index (χ4v) is 7.01. The van der Waals surface area contributed by atoms with E-state index >= 15 is 0 Å². The van der Waals surface area contributed by atoms with Crippen molar-refractivity contribution in [2.24, 2.45) is 0 Å². The second-order valence-corrected chi connectivity index (χ2v) is 14.0. The Hall–Kier alpha value is -3.76. The van der Waals surface area contributed by atoms with Gasteiger partial charge < -0.3 is 15.0 Å². The summed E-state index contributed by atoms with van der Waals surface area (Å²) < 4.78 is 35.1. The normalized spacial score (nSPS) is 11.9. The Morgan fingerprint density at radius 2 is 1.55 bits per heavy atom. The van der Waals surface area contributed by atoms with E-state index in [1.54, 1.807) is 36.4 Å². The number of benzene rings is 4. The van der Waals surface area contributed by atoms with Crippen LogP contribution in [0.25, 0.3) is 0 Å². The lowest BCUT2D eigenvalue weighted by atomic mass is 10.0. The SMILES string of the molecule is CCCNC(=O)[C@H](Cc1ccccc1)N(Cc1ccc(Cl)cc1Cl)C(=O)CN(c1cc(Cl)ccc1OC)S(=O)(=O)c1ccc(C)cc1. The van der Waals surface area contributed by atoms with Crippen LogP contribution in [0.5, 0.6) is 5.75 Å². The molecule has 0 fully saturated rings. The molecule has 248 valence electrons. The van der Waals surface area contributed by atoms with Crippen LogP contribution < -0.4 is 14.4 Å². The van der Waals surface area contributed by atoms with E-state index in [1.807, 2.05) is 44.2 Å². The van der Waals surface area contributed by atoms with Crippen molar-refractivity contribution in [3.63, 3.8) is 0 Å². The number of rotatable bonds is 14. The van der Waals surface area contributed by atoms with Gasteiger partial charge in [0, 0.05) is 34.6 Å². The van der Waals surface area contributed by atoms with Crippen molar-refractivity contribution in [3.8, 4) is 5.75 Å². The van der Waals surface area contributed by atoms with E-state index in [4.69, 9.17) is 39.5 Å². The first-order valence-corrected chi connectivity index (χ1v) is 17.5. The third-order valence-corrected chi connectivity index (χ3v) is 10.1. The Kier molecular flexibility index (Phi) is 12.6. The second kappa shape index (κ2) is 16.4. The van der Waals surface area contributed by atoms with Gasteiger partial charge in [-0.1, -0.05) is 95.8 Å². The number of nitrogens with zero attached hydrogens (tertiary/aromatic N) is 2. The summed E-state index contributed by atoms with van der Waals surface area (Å²) in [5.41, 5.74) is 2.26. The number of halogens is 3. The van der Waals surface area contributed by atoms with E-state index in [0.717, 1.165) is 15.4 Å². The second-order valence-electron chi connectivity index (χ2n) is 10.9. The molecule has 2 amide bonds. The van der Waals surface area contributed by atoms with E-state index in [0.29, 0.717) is 28.6 Å². The Balaban J connectivity index is 1.86. The number of carbonyl (C=O) groups excluding carboxylic acids is 2. The van der Waals surface area contributed by atoms with Crippen LogP contribution in [0.1, 0.15) is 30.0 Å². The molecule has 0 saturated carbocycles. The molecule has 47 heavy (non-hydrogen) atoms. The Labute approximate surface area is 291 Å². The summed E-state index contributed by atoms with van der Waals surface area (Å²) in [6.45, 7) is 3.38. The number of hydrogen-bond donors (Lipinski definition) is 1. The van der Waals surface area contributed by atoms with Crippen molar-refractivity contribution in [2.75, 3.05) is 24.5 Å². The maximum atomic E-state index is 14.6. The van der Waals surface area contributed by atoms with Gasteiger partial charge in [-0.3, -0.25) is 13.9 Å². The number of methoxy groups -OCH3 is 1. The fourth-order valence-electron chi connectivity index (χ4n) is 4.96. The van der Waals surface area contributed by atoms with Gasteiger partial charge in [-0.2, -0.15) is 0 Å². The van der Waals surface area contributed by atoms with Crippen LogP contribution in [0.15, 0.2) is 95.9 Å². The largest absolute Gasteiger partial charge is 0.495 e. The van der Waals surface area contributed by atoms with Crippen molar-refractivity contribution in [1.29, 1.82) is 0 Å². The molecule has 0 aliphatic rings. The van der Waals surface area contributed by atoms with Gasteiger partial charge >= 0.3 is 0 Å². The molecule has 0 aromatic heterocycles. The number of nitrogens with one attached hydrogen (secondary N) is 1. The smallest absolute Gasteiger partial charge is 0.264 e. The highest BCUT2D eigenvalue weighted by Crippen LogP contribution is 2.35. The average molecular weight is 717 g/mol. The van der Waals surface area contributed by atoms with E-state index in [-0.39, 0.29) is 40.2 Å². The molecule has 0 radical (unpaired) electrons. The Morgan fingerprint density at radius 1 is 0.894 bits per heavy atom. The Morgan fingerprint density at radius 3 is 2.19 bits per heavy atom. The molecular formula is C35H36Cl3N3O5S. The summed E-state index contributed by atoms with van der Waals surface area (Å²) in [6, 6.07) is 23.9. The number of hydrogen-bond acceptors (Lipinski definition) is 5. The minimum absolute atomic E-state index is 0.0354. The highest BCUT2D eigenvalue weighted by atomic mass is 35.5. The topological polar surface area (TPSA) is 96.0 Å². The van der Waals surface area contributed by atoms with Crippen molar-refractivity contribution >= 4 is 62.3 Å². The average Bonchev–Trinajstić information content (AvgIpc) is 3.05. The molecule has 0 spiro atoms. The van der Waals surface area contributed by atoms with Gasteiger partial charge in [-0.25, -0.2) is 8.42 Å². The first-order chi connectivity index (χ1) is 22.4. The van der Waals surface area contributed by atoms with Gasteiger partial charge in [0.2, 0.25) is 11.8 Å². The number of ether oxygens (including phenoxy) is 1. The molecule has 0 unspecified atom stereocenters. The van der Waals surface area contributed by atoms with Gasteiger partial charge in [0.15, 0.2) is 0 Å². The molecule has 0 aliphatic heterocycles. The van der Waals surface area contributed by atoms with Crippen molar-refractivity contribution in [1.82, 2.24) is 10.2 Å². The summed E-state index contributed by atoms with van der Waals surface area (Å²) >= 11 is 19.1. The summed E-state index contributed by atoms with van der Waals surface area (Å²) in [6.07, 6.45) is 0.844. The molecule has 12 heteroatoms. The number of carbonyl (C=O) groups is 2. The van der Waals surface area contributed by atoms with E-state index in [9.17, 15) is 18.0 Å². The lowest BCUT2D eigenvalue weighted by Crippen LogP contribution is -2.53. The lowest BCUT2D eigenvalue weighted by Gasteiger charge is -2.34. The minimum Gasteiger partial charge on any atom is -0.495 e. The van der Waals surface area contributed by atoms with E-state index < -0.39 is 28.5 Å². The molecule has 1 N–H and O–H groups in total. The van der Waals surface area contributed by atoms with Crippen molar-refractivity contribution < 1.29 is 22.7 Å². The highest BCUT2D eigenvalue weighted by molar-refractivity contribution is 7.92. The van der Waals surface area contributed by atoms with Crippen LogP contribution >= 0.6 is 34.8 Å². The van der Waals surface area contributed by atoms with Crippen LogP contribution in [0.2, 0.25) is 15.1 Å². The molecule has 0 saturated heterocycles. The molecule has 4 rings (SSSR count). The first kappa shape index (κ1) is 36.1. The predicted molar refractivity (Wildman–Crippen MR) is 188 cm³/mol. The van der Waals surface area contributed by atoms with Crippen LogP contribution in [0.3, 0.4) is 0 Å². The maximum Gasteiger partial charge on any atom is 0.264 e. The van der Waals surface area contributed by atoms with Crippen molar-refractivity contribution in [3.05, 3.63) is 123 Å². The zero-order valence-electron chi connectivity index (χ0n) is 26.3. The van der Waals surface area contributed by atoms with Gasteiger partial charge in [-0.05, 0) is 66.9 Å². The molecular weight excluding hydrogens is 681 g/mol. The number of aryl methyl sites for hydroxylation is 1. The van der Waals surface area contributed by atoms with E-state index in [2.05, 4.69) is 5.32 Å². The molecule has 1 atom stereocenters. The third-order valence-electron chi connectivity index (χ3n) is 7.47. The molecule has 0 aliphatic carbocycles. The quantitative estimate of drug-likeness (QED) is 0.148. The van der Waals surface area contributed by atoms with Crippen LogP contribution in [0, 0.1) is 6.92 Å². The summed E-state index contributed by atoms with van der Waals surface area (Å²) in [4.78, 5) is 29.8. The number of anilines is 1. The zero-order chi connectivity index (χ0) is 34.1. The van der Waals surface area contributed by atoms with E-state index in [1.165, 1.54) is 36.3 Å². The van der Waals surface area contributed by atoms with Crippen LogP contribution in [-0.4, -0.2) is 51.4 Å². The number of sulfonamides is 1. The molecule has 4 aromatic carbocycles. The van der Waals surface area contributed by atoms with Gasteiger partial charge in [0.1, 0.15) is 18.3 Å². The monoisotopic (exact) mass is 715 g/mol. The predicted octanol–water partition coefficient (Wildman–Crippen LogP) is 7.33. The summed E-state index contributed by atoms with van der Waals surface area (Å²) in [7, 11) is -2.95. The summed E-state index contributed by atoms with van der Waals surface area (Å²) in [5.74, 6) is -0.851. The fraction of sp³-hybridized carbons (Fsp3) is 0.257. The zero-order valence-corrected chi connectivity index (χ0v) is 29.3. The van der Waals surface area contributed by atoms with Gasteiger partial charge in [0.25, 0.3) is 10.0 Å². The maximum absolute atomic E-state index is 14.6. The highest BCUT2D eigenvalue weighted by Gasteiger charge is 2.36.